The number of nitrogens with zero attached hydrogens (tertiary/aromatic N) is 2. The van der Waals surface area contributed by atoms with Gasteiger partial charge in [-0.3, -0.25) is 4.79 Å². The molecule has 0 aromatic carbocycles. The van der Waals surface area contributed by atoms with Crippen LogP contribution in [0, 0.1) is 0 Å². The highest BCUT2D eigenvalue weighted by molar-refractivity contribution is 8.00. The Morgan fingerprint density at radius 3 is 2.63 bits per heavy atom. The van der Waals surface area contributed by atoms with E-state index in [4.69, 9.17) is 5.73 Å². The number of anilines is 1. The van der Waals surface area contributed by atoms with Gasteiger partial charge in [-0.05, 0) is 12.8 Å². The fourth-order valence-electron chi connectivity index (χ4n) is 2.27. The third-order valence-electron chi connectivity index (χ3n) is 3.25. The summed E-state index contributed by atoms with van der Waals surface area (Å²) in [4.78, 5) is 19.9. The topological polar surface area (TPSA) is 80.9 Å². The number of hydrogen-bond acceptors (Lipinski definition) is 5. The molecule has 1 saturated carbocycles. The molecular formula is C13H20N4OS. The lowest BCUT2D eigenvalue weighted by Gasteiger charge is -2.15. The summed E-state index contributed by atoms with van der Waals surface area (Å²) in [6.07, 6.45) is 10.3. The molecule has 0 unspecified atom stereocenters. The fraction of sp³-hybridized carbons (Fsp3) is 0.615. The quantitative estimate of drug-likeness (QED) is 0.651. The first-order chi connectivity index (χ1) is 9.25. The predicted molar refractivity (Wildman–Crippen MR) is 76.8 cm³/mol. The second-order valence-electron chi connectivity index (χ2n) is 4.79. The van der Waals surface area contributed by atoms with Gasteiger partial charge in [-0.25, -0.2) is 9.97 Å². The second-order valence-corrected chi connectivity index (χ2v) is 5.76. The SMILES string of the molecule is Nc1nccnc1SCC(=O)NC1CCCCCC1. The summed E-state index contributed by atoms with van der Waals surface area (Å²) in [7, 11) is 0. The van der Waals surface area contributed by atoms with E-state index < -0.39 is 0 Å². The van der Waals surface area contributed by atoms with Crippen molar-refractivity contribution in [2.75, 3.05) is 11.5 Å². The maximum absolute atomic E-state index is 11.9. The van der Waals surface area contributed by atoms with Gasteiger partial charge in [-0.1, -0.05) is 37.4 Å². The molecule has 1 aliphatic carbocycles. The Kier molecular flexibility index (Phi) is 5.44. The van der Waals surface area contributed by atoms with Crippen molar-refractivity contribution in [1.82, 2.24) is 15.3 Å². The molecule has 0 bridgehead atoms. The molecule has 1 heterocycles. The smallest absolute Gasteiger partial charge is 0.230 e. The largest absolute Gasteiger partial charge is 0.381 e. The second kappa shape index (κ2) is 7.33. The zero-order valence-corrected chi connectivity index (χ0v) is 11.8. The van der Waals surface area contributed by atoms with Gasteiger partial charge in [0.25, 0.3) is 0 Å². The van der Waals surface area contributed by atoms with Crippen LogP contribution in [0.3, 0.4) is 0 Å². The first kappa shape index (κ1) is 14.1. The van der Waals surface area contributed by atoms with Crippen LogP contribution in [0.25, 0.3) is 0 Å². The van der Waals surface area contributed by atoms with E-state index in [1.165, 1.54) is 37.4 Å². The first-order valence-corrected chi connectivity index (χ1v) is 7.73. The Labute approximate surface area is 117 Å². The van der Waals surface area contributed by atoms with Crippen LogP contribution in [0.1, 0.15) is 38.5 Å². The van der Waals surface area contributed by atoms with Crippen molar-refractivity contribution < 1.29 is 4.79 Å². The van der Waals surface area contributed by atoms with Gasteiger partial charge in [0.15, 0.2) is 5.82 Å². The van der Waals surface area contributed by atoms with Crippen LogP contribution in [0.5, 0.6) is 0 Å². The van der Waals surface area contributed by atoms with E-state index in [1.807, 2.05) is 0 Å². The molecule has 0 radical (unpaired) electrons. The normalized spacial score (nSPS) is 16.8. The highest BCUT2D eigenvalue weighted by Crippen LogP contribution is 2.20. The average Bonchev–Trinajstić information content (AvgIpc) is 2.66. The molecule has 0 saturated heterocycles. The number of hydrogen-bond donors (Lipinski definition) is 2. The van der Waals surface area contributed by atoms with E-state index in [9.17, 15) is 4.79 Å². The predicted octanol–water partition coefficient (Wildman–Crippen LogP) is 1.99. The Morgan fingerprint density at radius 2 is 1.95 bits per heavy atom. The molecule has 104 valence electrons. The van der Waals surface area contributed by atoms with E-state index in [0.29, 0.717) is 22.6 Å². The lowest BCUT2D eigenvalue weighted by Crippen LogP contribution is -2.35. The number of rotatable bonds is 4. The van der Waals surface area contributed by atoms with Crippen LogP contribution >= 0.6 is 11.8 Å². The van der Waals surface area contributed by atoms with Gasteiger partial charge in [0, 0.05) is 18.4 Å². The molecule has 19 heavy (non-hydrogen) atoms. The summed E-state index contributed by atoms with van der Waals surface area (Å²) >= 11 is 1.34. The van der Waals surface area contributed by atoms with Gasteiger partial charge < -0.3 is 11.1 Å². The standard InChI is InChI=1S/C13H20N4OS/c14-12-13(16-8-7-15-12)19-9-11(18)17-10-5-3-1-2-4-6-10/h7-8,10H,1-6,9H2,(H2,14,15)(H,17,18). The Balaban J connectivity index is 1.76. The van der Waals surface area contributed by atoms with Gasteiger partial charge >= 0.3 is 0 Å². The lowest BCUT2D eigenvalue weighted by atomic mass is 10.1. The van der Waals surface area contributed by atoms with E-state index >= 15 is 0 Å². The number of nitrogen functional groups attached to an aromatic ring is 1. The Bertz CT molecular complexity index is 419. The van der Waals surface area contributed by atoms with Gasteiger partial charge in [-0.2, -0.15) is 0 Å². The molecule has 3 N–H and O–H groups in total. The number of carbonyl (C=O) groups is 1. The zero-order valence-electron chi connectivity index (χ0n) is 11.0. The molecular weight excluding hydrogens is 260 g/mol. The summed E-state index contributed by atoms with van der Waals surface area (Å²) in [5.74, 6) is 0.788. The van der Waals surface area contributed by atoms with Crippen molar-refractivity contribution in [3.05, 3.63) is 12.4 Å². The maximum Gasteiger partial charge on any atom is 0.230 e. The number of thioether (sulfide) groups is 1. The van der Waals surface area contributed by atoms with Crippen LogP contribution < -0.4 is 11.1 Å². The van der Waals surface area contributed by atoms with Crippen LogP contribution in [0.4, 0.5) is 5.82 Å². The van der Waals surface area contributed by atoms with Crippen molar-refractivity contribution in [3.63, 3.8) is 0 Å². The summed E-state index contributed by atoms with van der Waals surface area (Å²) < 4.78 is 0. The summed E-state index contributed by atoms with van der Waals surface area (Å²) in [5.41, 5.74) is 5.69. The van der Waals surface area contributed by atoms with E-state index in [-0.39, 0.29) is 5.91 Å². The van der Waals surface area contributed by atoms with Gasteiger partial charge in [0.1, 0.15) is 5.03 Å². The molecule has 0 aliphatic heterocycles. The minimum Gasteiger partial charge on any atom is -0.381 e. The number of aromatic nitrogens is 2. The summed E-state index contributed by atoms with van der Waals surface area (Å²) in [5, 5.41) is 3.72. The molecule has 1 fully saturated rings. The van der Waals surface area contributed by atoms with Crippen LogP contribution in [0.2, 0.25) is 0 Å². The van der Waals surface area contributed by atoms with Crippen molar-refractivity contribution in [2.24, 2.45) is 0 Å². The molecule has 1 aromatic heterocycles. The Hall–Kier alpha value is -1.30. The van der Waals surface area contributed by atoms with Crippen LogP contribution in [-0.2, 0) is 4.79 Å². The molecule has 5 nitrogen and oxygen atoms in total. The minimum atomic E-state index is 0.0574. The number of amides is 1. The van der Waals surface area contributed by atoms with Crippen molar-refractivity contribution in [2.45, 2.75) is 49.6 Å². The molecule has 0 atom stereocenters. The molecule has 1 amide bonds. The third-order valence-corrected chi connectivity index (χ3v) is 4.25. The number of carbonyl (C=O) groups excluding carboxylic acids is 1. The molecule has 1 aromatic rings. The average molecular weight is 280 g/mol. The summed E-state index contributed by atoms with van der Waals surface area (Å²) in [6, 6.07) is 0.342. The van der Waals surface area contributed by atoms with Gasteiger partial charge in [0.2, 0.25) is 5.91 Å². The van der Waals surface area contributed by atoms with Crippen LogP contribution in [0.15, 0.2) is 17.4 Å². The molecule has 2 rings (SSSR count). The lowest BCUT2D eigenvalue weighted by molar-refractivity contribution is -0.119. The molecule has 6 heteroatoms. The molecule has 1 aliphatic rings. The highest BCUT2D eigenvalue weighted by atomic mass is 32.2. The third kappa shape index (κ3) is 4.70. The van der Waals surface area contributed by atoms with E-state index in [1.54, 1.807) is 12.4 Å². The zero-order chi connectivity index (χ0) is 13.5. The fourth-order valence-corrected chi connectivity index (χ4v) is 2.96. The van der Waals surface area contributed by atoms with Gasteiger partial charge in [-0.15, -0.1) is 0 Å². The van der Waals surface area contributed by atoms with Crippen molar-refractivity contribution in [1.29, 1.82) is 0 Å². The summed E-state index contributed by atoms with van der Waals surface area (Å²) in [6.45, 7) is 0. The number of nitrogens with one attached hydrogen (secondary N) is 1. The molecule has 0 spiro atoms. The van der Waals surface area contributed by atoms with Crippen molar-refractivity contribution >= 4 is 23.5 Å². The van der Waals surface area contributed by atoms with Crippen molar-refractivity contribution in [3.8, 4) is 0 Å². The number of nitrogens with two attached hydrogens (primary N) is 1. The van der Waals surface area contributed by atoms with E-state index in [0.717, 1.165) is 12.8 Å². The highest BCUT2D eigenvalue weighted by Gasteiger charge is 2.15. The van der Waals surface area contributed by atoms with E-state index in [2.05, 4.69) is 15.3 Å². The Morgan fingerprint density at radius 1 is 1.26 bits per heavy atom. The first-order valence-electron chi connectivity index (χ1n) is 6.74. The van der Waals surface area contributed by atoms with Crippen LogP contribution in [-0.4, -0.2) is 27.7 Å². The monoisotopic (exact) mass is 280 g/mol. The maximum atomic E-state index is 11.9. The minimum absolute atomic E-state index is 0.0574. The van der Waals surface area contributed by atoms with Gasteiger partial charge in [0.05, 0.1) is 5.75 Å².